The summed E-state index contributed by atoms with van der Waals surface area (Å²) in [7, 11) is 0. The number of hydrogen-bond acceptors (Lipinski definition) is 2. The first-order valence-electron chi connectivity index (χ1n) is 28.2. The maximum Gasteiger partial charge on any atom is 0.0542 e. The van der Waals surface area contributed by atoms with E-state index in [-0.39, 0.29) is 0 Å². The molecule has 0 radical (unpaired) electrons. The Labute approximate surface area is 477 Å². The van der Waals surface area contributed by atoms with E-state index < -0.39 is 0 Å². The first kappa shape index (κ1) is 48.4. The van der Waals surface area contributed by atoms with Gasteiger partial charge in [0.15, 0.2) is 0 Å². The maximum atomic E-state index is 2.45. The van der Waals surface area contributed by atoms with Crippen LogP contribution in [0.2, 0.25) is 0 Å². The highest BCUT2D eigenvalue weighted by Gasteiger charge is 2.23. The van der Waals surface area contributed by atoms with Crippen molar-refractivity contribution in [3.8, 4) is 44.8 Å². The first-order chi connectivity index (χ1) is 40.5. The minimum Gasteiger partial charge on any atom is -0.310 e. The largest absolute Gasteiger partial charge is 0.310 e. The van der Waals surface area contributed by atoms with Gasteiger partial charge in [0.05, 0.1) is 27.8 Å². The molecule has 0 spiro atoms. The number of benzene rings is 13. The Bertz CT molecular complexity index is 4860. The van der Waals surface area contributed by atoms with Crippen molar-refractivity contribution in [1.29, 1.82) is 0 Å². The first-order valence-corrected chi connectivity index (χ1v) is 28.2. The molecular weight excluding hydrogens is 993 g/mol. The monoisotopic (exact) mass is 1050 g/mol. The second-order valence-corrected chi connectivity index (χ2v) is 21.5. The molecule has 15 rings (SSSR count). The van der Waals surface area contributed by atoms with Gasteiger partial charge in [-0.15, -0.1) is 0 Å². The molecule has 0 aliphatic carbocycles. The zero-order valence-electron chi connectivity index (χ0n) is 45.7. The van der Waals surface area contributed by atoms with Gasteiger partial charge < -0.3 is 18.9 Å². The van der Waals surface area contributed by atoms with E-state index in [1.165, 1.54) is 76.8 Å². The highest BCUT2D eigenvalue weighted by molar-refractivity contribution is 6.13. The summed E-state index contributed by atoms with van der Waals surface area (Å²) in [4.78, 5) is 4.86. The third-order valence-electron chi connectivity index (χ3n) is 16.4. The average molecular weight is 1050 g/mol. The number of aryl methyl sites for hydroxylation is 2. The number of hydrogen-bond donors (Lipinski definition) is 0. The molecule has 0 amide bonds. The lowest BCUT2D eigenvalue weighted by atomic mass is 9.95. The van der Waals surface area contributed by atoms with E-state index in [0.29, 0.717) is 0 Å². The average Bonchev–Trinajstić information content (AvgIpc) is 4.13. The molecule has 82 heavy (non-hydrogen) atoms. The molecule has 0 atom stereocenters. The smallest absolute Gasteiger partial charge is 0.0542 e. The molecule has 2 heterocycles. The van der Waals surface area contributed by atoms with Crippen LogP contribution in [0.4, 0.5) is 34.1 Å². The highest BCUT2D eigenvalue weighted by atomic mass is 15.2. The molecule has 2 aromatic heterocycles. The number of aromatic nitrogens is 2. The molecule has 13 aromatic carbocycles. The van der Waals surface area contributed by atoms with E-state index in [2.05, 4.69) is 336 Å². The Kier molecular flexibility index (Phi) is 11.9. The van der Waals surface area contributed by atoms with Crippen molar-refractivity contribution in [1.82, 2.24) is 9.13 Å². The molecule has 0 N–H and O–H groups in total. The lowest BCUT2D eigenvalue weighted by Gasteiger charge is -2.28. The van der Waals surface area contributed by atoms with E-state index >= 15 is 0 Å². The van der Waals surface area contributed by atoms with E-state index in [9.17, 15) is 0 Å². The maximum absolute atomic E-state index is 2.45. The van der Waals surface area contributed by atoms with Crippen LogP contribution in [0.3, 0.4) is 0 Å². The van der Waals surface area contributed by atoms with E-state index in [1.54, 1.807) is 0 Å². The molecule has 0 aliphatic heterocycles. The Hall–Kier alpha value is -10.7. The van der Waals surface area contributed by atoms with Gasteiger partial charge in [0, 0.05) is 66.7 Å². The van der Waals surface area contributed by atoms with Crippen molar-refractivity contribution in [2.24, 2.45) is 0 Å². The molecule has 388 valence electrons. The van der Waals surface area contributed by atoms with Crippen LogP contribution >= 0.6 is 0 Å². The second-order valence-electron chi connectivity index (χ2n) is 21.5. The highest BCUT2D eigenvalue weighted by Crippen LogP contribution is 2.47. The number of fused-ring (bicyclic) bond motifs is 7. The standard InChI is InChI=1S/C78H56N4/c1-53-31-37-61(38-32-53)81-74-29-13-11-27-70(74)72-51-65(43-46-77(72)81)79(63-23-15-21-58(49-63)55-17-5-3-6-18-55)60-41-35-57(36-42-60)67-45-48-76(69-26-10-9-25-68(67)69)80(64-24-16-22-59(50-64)56-19-7-4-8-20-56)66-44-47-78-73(52-66)71-28-12-14-30-75(71)82(78)62-39-33-54(2)34-40-62/h3-52H,1-2H3. The normalized spacial score (nSPS) is 11.5. The van der Waals surface area contributed by atoms with E-state index in [4.69, 9.17) is 0 Å². The summed E-state index contributed by atoms with van der Waals surface area (Å²) in [5.41, 5.74) is 23.0. The SMILES string of the molecule is Cc1ccc(-n2c3ccccc3c3cc(N(c4ccc(-c5ccc(N(c6cccc(-c7ccccc7)c6)c6ccc7c(c6)c6ccccc6n7-c6ccc(C)cc6)c6ccccc56)cc4)c4cccc(-c5ccccc5)c4)ccc32)cc1. The van der Waals surface area contributed by atoms with Crippen LogP contribution in [0.5, 0.6) is 0 Å². The van der Waals surface area contributed by atoms with Crippen molar-refractivity contribution in [3.05, 3.63) is 314 Å². The van der Waals surface area contributed by atoms with Gasteiger partial charge in [0.25, 0.3) is 0 Å². The van der Waals surface area contributed by atoms with Crippen molar-refractivity contribution in [2.75, 3.05) is 9.80 Å². The number of rotatable bonds is 11. The van der Waals surface area contributed by atoms with Crippen molar-refractivity contribution in [2.45, 2.75) is 13.8 Å². The molecule has 0 unspecified atom stereocenters. The molecule has 4 nitrogen and oxygen atoms in total. The Morgan fingerprint density at radius 3 is 1.16 bits per heavy atom. The van der Waals surface area contributed by atoms with Crippen molar-refractivity contribution >= 4 is 88.5 Å². The van der Waals surface area contributed by atoms with Gasteiger partial charge in [0.2, 0.25) is 0 Å². The number of nitrogens with zero attached hydrogens (tertiary/aromatic N) is 4. The molecule has 4 heteroatoms. The summed E-state index contributed by atoms with van der Waals surface area (Å²) in [6, 6.07) is 111. The lowest BCUT2D eigenvalue weighted by Crippen LogP contribution is -2.11. The predicted molar refractivity (Wildman–Crippen MR) is 348 cm³/mol. The van der Waals surface area contributed by atoms with Crippen LogP contribution < -0.4 is 9.80 Å². The van der Waals surface area contributed by atoms with Crippen LogP contribution in [0.1, 0.15) is 11.1 Å². The molecule has 15 aromatic rings. The molecule has 0 bridgehead atoms. The van der Waals surface area contributed by atoms with Crippen LogP contribution in [-0.4, -0.2) is 9.13 Å². The summed E-state index contributed by atoms with van der Waals surface area (Å²) in [5, 5.41) is 7.18. The zero-order chi connectivity index (χ0) is 54.7. The second kappa shape index (κ2) is 20.2. The van der Waals surface area contributed by atoms with Crippen LogP contribution in [0.25, 0.3) is 99.1 Å². The van der Waals surface area contributed by atoms with Crippen LogP contribution in [0.15, 0.2) is 303 Å². The number of para-hydroxylation sites is 2. The fraction of sp³-hybridized carbons (Fsp3) is 0.0256. The molecule has 0 fully saturated rings. The third-order valence-corrected chi connectivity index (χ3v) is 16.4. The summed E-state index contributed by atoms with van der Waals surface area (Å²) in [6.07, 6.45) is 0. The molecule has 0 saturated heterocycles. The minimum absolute atomic E-state index is 1.07. The fourth-order valence-corrected chi connectivity index (χ4v) is 12.4. The van der Waals surface area contributed by atoms with E-state index in [0.717, 1.165) is 67.6 Å². The topological polar surface area (TPSA) is 16.3 Å². The summed E-state index contributed by atoms with van der Waals surface area (Å²) < 4.78 is 4.79. The number of anilines is 6. The quantitative estimate of drug-likeness (QED) is 0.128. The van der Waals surface area contributed by atoms with Gasteiger partial charge in [-0.05, 0) is 168 Å². The molecular formula is C78H56N4. The van der Waals surface area contributed by atoms with Gasteiger partial charge >= 0.3 is 0 Å². The Morgan fingerprint density at radius 1 is 0.232 bits per heavy atom. The van der Waals surface area contributed by atoms with Gasteiger partial charge in [-0.3, -0.25) is 0 Å². The fourth-order valence-electron chi connectivity index (χ4n) is 12.4. The van der Waals surface area contributed by atoms with Crippen molar-refractivity contribution in [3.63, 3.8) is 0 Å². The summed E-state index contributed by atoms with van der Waals surface area (Å²) in [5.74, 6) is 0. The van der Waals surface area contributed by atoms with Gasteiger partial charge in [0.1, 0.15) is 0 Å². The Morgan fingerprint density at radius 2 is 0.634 bits per heavy atom. The van der Waals surface area contributed by atoms with Crippen LogP contribution in [-0.2, 0) is 0 Å². The van der Waals surface area contributed by atoms with Crippen molar-refractivity contribution < 1.29 is 0 Å². The van der Waals surface area contributed by atoms with Gasteiger partial charge in [-0.1, -0.05) is 199 Å². The zero-order valence-corrected chi connectivity index (χ0v) is 45.7. The van der Waals surface area contributed by atoms with Crippen LogP contribution in [0, 0.1) is 13.8 Å². The molecule has 0 saturated carbocycles. The van der Waals surface area contributed by atoms with E-state index in [1.807, 2.05) is 0 Å². The lowest BCUT2D eigenvalue weighted by molar-refractivity contribution is 1.17. The summed E-state index contributed by atoms with van der Waals surface area (Å²) >= 11 is 0. The predicted octanol–water partition coefficient (Wildman–Crippen LogP) is 21.6. The summed E-state index contributed by atoms with van der Waals surface area (Å²) in [6.45, 7) is 4.29. The Balaban J connectivity index is 0.868. The van der Waals surface area contributed by atoms with Gasteiger partial charge in [-0.2, -0.15) is 0 Å². The minimum atomic E-state index is 1.07. The van der Waals surface area contributed by atoms with Gasteiger partial charge in [-0.25, -0.2) is 0 Å². The third kappa shape index (κ3) is 8.48. The molecule has 0 aliphatic rings.